The van der Waals surface area contributed by atoms with E-state index in [1.165, 1.54) is 0 Å². The highest BCUT2D eigenvalue weighted by molar-refractivity contribution is 5.97. The molecular formula is C22H20N4O3. The van der Waals surface area contributed by atoms with E-state index in [0.717, 1.165) is 23.1 Å². The van der Waals surface area contributed by atoms with E-state index in [4.69, 9.17) is 9.15 Å². The van der Waals surface area contributed by atoms with Crippen LogP contribution in [0.25, 0.3) is 22.2 Å². The number of furan rings is 1. The van der Waals surface area contributed by atoms with Crippen molar-refractivity contribution in [1.82, 2.24) is 19.9 Å². The summed E-state index contributed by atoms with van der Waals surface area (Å²) in [5.41, 5.74) is 2.46. The number of hydrogen-bond donors (Lipinski definition) is 0. The molecule has 0 aliphatic carbocycles. The van der Waals surface area contributed by atoms with Crippen molar-refractivity contribution >= 4 is 16.9 Å². The molecule has 7 heteroatoms. The fraction of sp³-hybridized carbons (Fsp3) is 0.227. The van der Waals surface area contributed by atoms with Crippen molar-refractivity contribution in [2.24, 2.45) is 0 Å². The third kappa shape index (κ3) is 3.14. The molecule has 29 heavy (non-hydrogen) atoms. The van der Waals surface area contributed by atoms with Gasteiger partial charge in [-0.25, -0.2) is 4.68 Å². The number of amides is 1. The lowest BCUT2D eigenvalue weighted by molar-refractivity contribution is 0.0757. The van der Waals surface area contributed by atoms with Gasteiger partial charge in [0, 0.05) is 24.0 Å². The number of benzene rings is 2. The maximum Gasteiger partial charge on any atom is 0.289 e. The summed E-state index contributed by atoms with van der Waals surface area (Å²) in [6.07, 6.45) is 2.77. The van der Waals surface area contributed by atoms with Gasteiger partial charge in [-0.05, 0) is 18.6 Å². The van der Waals surface area contributed by atoms with Gasteiger partial charge < -0.3 is 14.1 Å². The minimum atomic E-state index is -0.117. The number of carbonyl (C=O) groups is 1. The zero-order valence-corrected chi connectivity index (χ0v) is 16.0. The van der Waals surface area contributed by atoms with E-state index in [1.807, 2.05) is 59.4 Å². The van der Waals surface area contributed by atoms with E-state index in [9.17, 15) is 4.79 Å². The van der Waals surface area contributed by atoms with Crippen LogP contribution in [0.2, 0.25) is 0 Å². The van der Waals surface area contributed by atoms with Crippen molar-refractivity contribution < 1.29 is 13.9 Å². The van der Waals surface area contributed by atoms with Crippen LogP contribution in [0, 0.1) is 0 Å². The Morgan fingerprint density at radius 3 is 2.86 bits per heavy atom. The van der Waals surface area contributed by atoms with Gasteiger partial charge in [0.2, 0.25) is 0 Å². The third-order valence-corrected chi connectivity index (χ3v) is 5.34. The van der Waals surface area contributed by atoms with Crippen LogP contribution in [0.5, 0.6) is 5.75 Å². The second-order valence-corrected chi connectivity index (χ2v) is 7.13. The average Bonchev–Trinajstić information content (AvgIpc) is 3.52. The Hall–Kier alpha value is -3.61. The maximum atomic E-state index is 13.0. The van der Waals surface area contributed by atoms with Gasteiger partial charge in [0.05, 0.1) is 19.3 Å². The molecular weight excluding hydrogens is 368 g/mol. The van der Waals surface area contributed by atoms with E-state index in [2.05, 4.69) is 10.3 Å². The van der Waals surface area contributed by atoms with Crippen LogP contribution in [-0.2, 0) is 0 Å². The number of para-hydroxylation sites is 1. The highest BCUT2D eigenvalue weighted by Gasteiger charge is 2.30. The largest absolute Gasteiger partial charge is 0.493 e. The summed E-state index contributed by atoms with van der Waals surface area (Å²) in [4.78, 5) is 14.8. The Kier molecular flexibility index (Phi) is 4.27. The first kappa shape index (κ1) is 17.5. The number of aromatic nitrogens is 3. The molecule has 0 bridgehead atoms. The van der Waals surface area contributed by atoms with Crippen LogP contribution in [0.15, 0.2) is 65.2 Å². The molecule has 4 aromatic rings. The van der Waals surface area contributed by atoms with E-state index in [-0.39, 0.29) is 11.9 Å². The fourth-order valence-corrected chi connectivity index (χ4v) is 3.80. The summed E-state index contributed by atoms with van der Waals surface area (Å²) >= 11 is 0. The van der Waals surface area contributed by atoms with E-state index in [1.54, 1.807) is 18.1 Å². The lowest BCUT2D eigenvalue weighted by atomic mass is 10.2. The van der Waals surface area contributed by atoms with Crippen LogP contribution in [0.3, 0.4) is 0 Å². The van der Waals surface area contributed by atoms with Gasteiger partial charge in [0.1, 0.15) is 5.69 Å². The molecule has 0 N–H and O–H groups in total. The Bertz CT molecular complexity index is 1170. The molecule has 1 amide bonds. The molecule has 0 saturated carbocycles. The average molecular weight is 388 g/mol. The van der Waals surface area contributed by atoms with Crippen LogP contribution < -0.4 is 4.74 Å². The second-order valence-electron chi connectivity index (χ2n) is 7.13. The second kappa shape index (κ2) is 7.09. The highest BCUT2D eigenvalue weighted by atomic mass is 16.5. The first-order valence-corrected chi connectivity index (χ1v) is 9.56. The molecule has 7 nitrogen and oxygen atoms in total. The van der Waals surface area contributed by atoms with Crippen LogP contribution >= 0.6 is 0 Å². The molecule has 2 aromatic carbocycles. The van der Waals surface area contributed by atoms with Gasteiger partial charge in [-0.3, -0.25) is 4.79 Å². The van der Waals surface area contributed by atoms with Crippen molar-refractivity contribution in [3.63, 3.8) is 0 Å². The first-order valence-electron chi connectivity index (χ1n) is 9.56. The SMILES string of the molecule is COc1cccc2cc(C(=O)N3CCC(n4cc(-c5ccccc5)nn4)C3)oc12. The Balaban J connectivity index is 1.33. The van der Waals surface area contributed by atoms with Gasteiger partial charge in [0.25, 0.3) is 5.91 Å². The Morgan fingerprint density at radius 2 is 2.03 bits per heavy atom. The van der Waals surface area contributed by atoms with Crippen LogP contribution in [0.4, 0.5) is 0 Å². The minimum Gasteiger partial charge on any atom is -0.493 e. The van der Waals surface area contributed by atoms with Gasteiger partial charge in [-0.2, -0.15) is 0 Å². The molecule has 0 radical (unpaired) electrons. The number of fused-ring (bicyclic) bond motifs is 1. The molecule has 146 valence electrons. The summed E-state index contributed by atoms with van der Waals surface area (Å²) in [5.74, 6) is 0.833. The van der Waals surface area contributed by atoms with Gasteiger partial charge in [0.15, 0.2) is 17.1 Å². The minimum absolute atomic E-state index is 0.0998. The monoisotopic (exact) mass is 388 g/mol. The Morgan fingerprint density at radius 1 is 1.17 bits per heavy atom. The van der Waals surface area contributed by atoms with E-state index >= 15 is 0 Å². The molecule has 1 saturated heterocycles. The smallest absolute Gasteiger partial charge is 0.289 e. The molecule has 1 unspecified atom stereocenters. The lowest BCUT2D eigenvalue weighted by Crippen LogP contribution is -2.28. The zero-order valence-electron chi connectivity index (χ0n) is 16.0. The van der Waals surface area contributed by atoms with Crippen molar-refractivity contribution in [2.45, 2.75) is 12.5 Å². The summed E-state index contributed by atoms with van der Waals surface area (Å²) < 4.78 is 13.0. The maximum absolute atomic E-state index is 13.0. The predicted octanol–water partition coefficient (Wildman–Crippen LogP) is 3.79. The quantitative estimate of drug-likeness (QED) is 0.532. The number of ether oxygens (including phenoxy) is 1. The Labute approximate surface area is 167 Å². The third-order valence-electron chi connectivity index (χ3n) is 5.34. The topological polar surface area (TPSA) is 73.4 Å². The number of methoxy groups -OCH3 is 1. The number of likely N-dealkylation sites (tertiary alicyclic amines) is 1. The molecule has 1 aliphatic heterocycles. The van der Waals surface area contributed by atoms with Crippen molar-refractivity contribution in [3.05, 3.63) is 66.6 Å². The standard InChI is InChI=1S/C22H20N4O3/c1-28-19-9-5-8-16-12-20(29-21(16)19)22(27)25-11-10-17(13-25)26-14-18(23-24-26)15-6-3-2-4-7-15/h2-9,12,14,17H,10-11,13H2,1H3. The van der Waals surface area contributed by atoms with Gasteiger partial charge in [-0.15, -0.1) is 5.10 Å². The van der Waals surface area contributed by atoms with E-state index in [0.29, 0.717) is 30.2 Å². The first-order chi connectivity index (χ1) is 14.2. The predicted molar refractivity (Wildman–Crippen MR) is 108 cm³/mol. The molecule has 5 rings (SSSR count). The zero-order chi connectivity index (χ0) is 19.8. The summed E-state index contributed by atoms with van der Waals surface area (Å²) in [6, 6.07) is 17.4. The fourth-order valence-electron chi connectivity index (χ4n) is 3.80. The molecule has 2 aromatic heterocycles. The number of carbonyl (C=O) groups excluding carboxylic acids is 1. The van der Waals surface area contributed by atoms with Gasteiger partial charge >= 0.3 is 0 Å². The summed E-state index contributed by atoms with van der Waals surface area (Å²) in [6.45, 7) is 1.23. The number of nitrogens with zero attached hydrogens (tertiary/aromatic N) is 4. The van der Waals surface area contributed by atoms with Crippen molar-refractivity contribution in [3.8, 4) is 17.0 Å². The normalized spacial score (nSPS) is 16.4. The molecule has 1 fully saturated rings. The number of rotatable bonds is 4. The van der Waals surface area contributed by atoms with Crippen LogP contribution in [0.1, 0.15) is 23.0 Å². The summed E-state index contributed by atoms with van der Waals surface area (Å²) in [7, 11) is 1.59. The molecule has 1 aliphatic rings. The van der Waals surface area contributed by atoms with Crippen LogP contribution in [-0.4, -0.2) is 46.0 Å². The van der Waals surface area contributed by atoms with Crippen molar-refractivity contribution in [1.29, 1.82) is 0 Å². The highest BCUT2D eigenvalue weighted by Crippen LogP contribution is 2.30. The lowest BCUT2D eigenvalue weighted by Gasteiger charge is -2.14. The molecule has 0 spiro atoms. The molecule has 3 heterocycles. The van der Waals surface area contributed by atoms with Crippen molar-refractivity contribution in [2.75, 3.05) is 20.2 Å². The molecule has 1 atom stereocenters. The van der Waals surface area contributed by atoms with Gasteiger partial charge in [-0.1, -0.05) is 47.7 Å². The number of hydrogen-bond acceptors (Lipinski definition) is 5. The summed E-state index contributed by atoms with van der Waals surface area (Å²) in [5, 5.41) is 9.43. The van der Waals surface area contributed by atoms with E-state index < -0.39 is 0 Å².